The van der Waals surface area contributed by atoms with Crippen LogP contribution in [0.2, 0.25) is 0 Å². The maximum absolute atomic E-state index is 12.4. The lowest BCUT2D eigenvalue weighted by Gasteiger charge is -2.05. The minimum Gasteiger partial charge on any atom is -0.348 e. The molecule has 0 unspecified atom stereocenters. The maximum Gasteiger partial charge on any atom is 0.257 e. The van der Waals surface area contributed by atoms with Crippen molar-refractivity contribution in [2.45, 2.75) is 6.54 Å². The average molecular weight is 363 g/mol. The summed E-state index contributed by atoms with van der Waals surface area (Å²) in [5.74, 6) is -0.453. The van der Waals surface area contributed by atoms with Crippen molar-refractivity contribution in [1.82, 2.24) is 10.3 Å². The Balaban J connectivity index is 1.62. The van der Waals surface area contributed by atoms with E-state index in [4.69, 9.17) is 0 Å². The van der Waals surface area contributed by atoms with Crippen LogP contribution in [-0.2, 0) is 11.3 Å². The molecular formula is C20H17N3O2S. The number of hydrogen-bond donors (Lipinski definition) is 2. The number of rotatable bonds is 6. The van der Waals surface area contributed by atoms with Gasteiger partial charge in [-0.15, -0.1) is 11.3 Å². The van der Waals surface area contributed by atoms with Gasteiger partial charge in [0.05, 0.1) is 5.69 Å². The number of anilines is 1. The van der Waals surface area contributed by atoms with Crippen LogP contribution in [-0.4, -0.2) is 16.8 Å². The third-order valence-electron chi connectivity index (χ3n) is 3.66. The first-order valence-corrected chi connectivity index (χ1v) is 8.85. The molecule has 0 aliphatic heterocycles. The van der Waals surface area contributed by atoms with Crippen molar-refractivity contribution in [2.75, 3.05) is 5.32 Å². The number of aromatic nitrogens is 1. The SMILES string of the molecule is C=CC(=O)NCc1ccc(C(=O)Nc2nc(-c3ccccc3)cs2)cc1. The van der Waals surface area contributed by atoms with Crippen LogP contribution in [0, 0.1) is 0 Å². The van der Waals surface area contributed by atoms with Gasteiger partial charge in [0, 0.05) is 23.1 Å². The van der Waals surface area contributed by atoms with Gasteiger partial charge >= 0.3 is 0 Å². The monoisotopic (exact) mass is 363 g/mol. The van der Waals surface area contributed by atoms with Crippen LogP contribution in [0.25, 0.3) is 11.3 Å². The van der Waals surface area contributed by atoms with Gasteiger partial charge in [0.15, 0.2) is 5.13 Å². The molecule has 2 aromatic carbocycles. The molecule has 0 spiro atoms. The van der Waals surface area contributed by atoms with E-state index in [1.54, 1.807) is 24.3 Å². The molecule has 1 heterocycles. The number of nitrogens with zero attached hydrogens (tertiary/aromatic N) is 1. The van der Waals surface area contributed by atoms with Crippen LogP contribution < -0.4 is 10.6 Å². The lowest BCUT2D eigenvalue weighted by atomic mass is 10.1. The van der Waals surface area contributed by atoms with Crippen molar-refractivity contribution in [3.63, 3.8) is 0 Å². The zero-order valence-electron chi connectivity index (χ0n) is 13.9. The second-order valence-corrected chi connectivity index (χ2v) is 6.34. The van der Waals surface area contributed by atoms with Crippen molar-refractivity contribution in [3.8, 4) is 11.3 Å². The number of hydrogen-bond acceptors (Lipinski definition) is 4. The number of amides is 2. The van der Waals surface area contributed by atoms with Crippen molar-refractivity contribution in [1.29, 1.82) is 0 Å². The Bertz CT molecular complexity index is 918. The Morgan fingerprint density at radius 2 is 1.81 bits per heavy atom. The summed E-state index contributed by atoms with van der Waals surface area (Å²) in [4.78, 5) is 28.0. The summed E-state index contributed by atoms with van der Waals surface area (Å²) in [5.41, 5.74) is 3.27. The first kappa shape index (κ1) is 17.6. The molecule has 2 N–H and O–H groups in total. The standard InChI is InChI=1S/C20H17N3O2S/c1-2-18(24)21-12-14-8-10-16(11-9-14)19(25)23-20-22-17(13-26-20)15-6-4-3-5-7-15/h2-11,13H,1,12H2,(H,21,24)(H,22,23,25). The van der Waals surface area contributed by atoms with Crippen LogP contribution >= 0.6 is 11.3 Å². The van der Waals surface area contributed by atoms with Gasteiger partial charge in [-0.1, -0.05) is 49.0 Å². The van der Waals surface area contributed by atoms with Gasteiger partial charge in [-0.3, -0.25) is 14.9 Å². The predicted octanol–water partition coefficient (Wildman–Crippen LogP) is 3.86. The summed E-state index contributed by atoms with van der Waals surface area (Å²) in [7, 11) is 0. The van der Waals surface area contributed by atoms with E-state index in [2.05, 4.69) is 22.2 Å². The minimum atomic E-state index is -0.232. The molecule has 130 valence electrons. The van der Waals surface area contributed by atoms with E-state index >= 15 is 0 Å². The molecule has 0 radical (unpaired) electrons. The Kier molecular flexibility index (Phi) is 5.56. The molecule has 3 rings (SSSR count). The normalized spacial score (nSPS) is 10.2. The molecule has 0 aliphatic carbocycles. The van der Waals surface area contributed by atoms with Crippen LogP contribution in [0.3, 0.4) is 0 Å². The van der Waals surface area contributed by atoms with Crippen molar-refractivity contribution >= 4 is 28.3 Å². The molecule has 0 saturated heterocycles. The number of thiazole rings is 1. The summed E-state index contributed by atoms with van der Waals surface area (Å²) < 4.78 is 0. The van der Waals surface area contributed by atoms with E-state index in [1.165, 1.54) is 17.4 Å². The van der Waals surface area contributed by atoms with E-state index in [1.807, 2.05) is 35.7 Å². The van der Waals surface area contributed by atoms with Gasteiger partial charge in [-0.05, 0) is 23.8 Å². The molecule has 0 fully saturated rings. The largest absolute Gasteiger partial charge is 0.348 e. The first-order valence-electron chi connectivity index (χ1n) is 7.97. The lowest BCUT2D eigenvalue weighted by Crippen LogP contribution is -2.20. The lowest BCUT2D eigenvalue weighted by molar-refractivity contribution is -0.116. The van der Waals surface area contributed by atoms with Crippen LogP contribution in [0.15, 0.2) is 72.6 Å². The minimum absolute atomic E-state index is 0.222. The Morgan fingerprint density at radius 1 is 1.08 bits per heavy atom. The van der Waals surface area contributed by atoms with Crippen molar-refractivity contribution in [2.24, 2.45) is 0 Å². The topological polar surface area (TPSA) is 71.1 Å². The highest BCUT2D eigenvalue weighted by molar-refractivity contribution is 7.14. The molecule has 0 bridgehead atoms. The Labute approximate surface area is 155 Å². The third kappa shape index (κ3) is 4.43. The van der Waals surface area contributed by atoms with E-state index in [-0.39, 0.29) is 11.8 Å². The quantitative estimate of drug-likeness (QED) is 0.653. The fourth-order valence-corrected chi connectivity index (χ4v) is 2.99. The molecule has 0 atom stereocenters. The van der Waals surface area contributed by atoms with Gasteiger partial charge in [-0.25, -0.2) is 4.98 Å². The molecular weight excluding hydrogens is 346 g/mol. The molecule has 6 heteroatoms. The zero-order chi connectivity index (χ0) is 18.4. The summed E-state index contributed by atoms with van der Waals surface area (Å²) in [6.07, 6.45) is 1.22. The predicted molar refractivity (Wildman–Crippen MR) is 104 cm³/mol. The van der Waals surface area contributed by atoms with E-state index in [0.717, 1.165) is 16.8 Å². The smallest absolute Gasteiger partial charge is 0.257 e. The van der Waals surface area contributed by atoms with Gasteiger partial charge < -0.3 is 5.32 Å². The van der Waals surface area contributed by atoms with Gasteiger partial charge in [0.2, 0.25) is 5.91 Å². The van der Waals surface area contributed by atoms with Crippen LogP contribution in [0.5, 0.6) is 0 Å². The molecule has 0 saturated carbocycles. The van der Waals surface area contributed by atoms with E-state index in [0.29, 0.717) is 17.2 Å². The summed E-state index contributed by atoms with van der Waals surface area (Å²) in [5, 5.41) is 7.97. The summed E-state index contributed by atoms with van der Waals surface area (Å²) in [6, 6.07) is 16.8. The Hall–Kier alpha value is -3.25. The van der Waals surface area contributed by atoms with Gasteiger partial charge in [-0.2, -0.15) is 0 Å². The van der Waals surface area contributed by atoms with Gasteiger partial charge in [0.1, 0.15) is 0 Å². The molecule has 1 aromatic heterocycles. The fraction of sp³-hybridized carbons (Fsp3) is 0.0500. The average Bonchev–Trinajstić information content (AvgIpc) is 3.15. The number of carbonyl (C=O) groups excluding carboxylic acids is 2. The van der Waals surface area contributed by atoms with Crippen LogP contribution in [0.1, 0.15) is 15.9 Å². The second-order valence-electron chi connectivity index (χ2n) is 5.48. The molecule has 3 aromatic rings. The highest BCUT2D eigenvalue weighted by atomic mass is 32.1. The molecule has 2 amide bonds. The number of benzene rings is 2. The van der Waals surface area contributed by atoms with E-state index in [9.17, 15) is 9.59 Å². The van der Waals surface area contributed by atoms with Crippen molar-refractivity contribution < 1.29 is 9.59 Å². The summed E-state index contributed by atoms with van der Waals surface area (Å²) in [6.45, 7) is 3.79. The van der Waals surface area contributed by atoms with Crippen LogP contribution in [0.4, 0.5) is 5.13 Å². The van der Waals surface area contributed by atoms with Gasteiger partial charge in [0.25, 0.3) is 5.91 Å². The molecule has 5 nitrogen and oxygen atoms in total. The number of carbonyl (C=O) groups is 2. The highest BCUT2D eigenvalue weighted by Gasteiger charge is 2.10. The first-order chi connectivity index (χ1) is 12.7. The number of nitrogens with one attached hydrogen (secondary N) is 2. The molecule has 26 heavy (non-hydrogen) atoms. The summed E-state index contributed by atoms with van der Waals surface area (Å²) >= 11 is 1.38. The maximum atomic E-state index is 12.4. The zero-order valence-corrected chi connectivity index (χ0v) is 14.8. The van der Waals surface area contributed by atoms with E-state index < -0.39 is 0 Å². The molecule has 0 aliphatic rings. The third-order valence-corrected chi connectivity index (χ3v) is 4.42. The highest BCUT2D eigenvalue weighted by Crippen LogP contribution is 2.24. The Morgan fingerprint density at radius 3 is 2.50 bits per heavy atom. The second kappa shape index (κ2) is 8.22. The van der Waals surface area contributed by atoms with Crippen molar-refractivity contribution in [3.05, 3.63) is 83.8 Å². The fourth-order valence-electron chi connectivity index (χ4n) is 2.28.